The molecule has 0 saturated heterocycles. The van der Waals surface area contributed by atoms with Crippen LogP contribution in [0, 0.1) is 5.92 Å². The molecule has 0 radical (unpaired) electrons. The highest BCUT2D eigenvalue weighted by Crippen LogP contribution is 2.11. The summed E-state index contributed by atoms with van der Waals surface area (Å²) in [5, 5.41) is 3.54. The summed E-state index contributed by atoms with van der Waals surface area (Å²) in [7, 11) is 0. The largest absolute Gasteiger partial charge is 0.350 e. The molecule has 1 aromatic rings. The number of hydrogen-bond donors (Lipinski definition) is 1. The zero-order valence-electron chi connectivity index (χ0n) is 9.96. The summed E-state index contributed by atoms with van der Waals surface area (Å²) < 4.78 is 0. The molecule has 0 aliphatic carbocycles. The number of hydrogen-bond acceptors (Lipinski definition) is 1. The van der Waals surface area contributed by atoms with Gasteiger partial charge in [0.1, 0.15) is 0 Å². The molecule has 1 amide bonds. The second kappa shape index (κ2) is 7.33. The van der Waals surface area contributed by atoms with Gasteiger partial charge in [0.2, 0.25) is 0 Å². The highest BCUT2D eigenvalue weighted by atomic mass is 35.5. The van der Waals surface area contributed by atoms with Crippen molar-refractivity contribution in [3.05, 3.63) is 34.9 Å². The number of carbonyl (C=O) groups is 1. The fraction of sp³-hybridized carbons (Fsp3) is 0.500. The van der Waals surface area contributed by atoms with E-state index in [-0.39, 0.29) is 19.4 Å². The summed E-state index contributed by atoms with van der Waals surface area (Å²) in [6.45, 7) is 6.30. The Kier molecular flexibility index (Phi) is 6.89. The van der Waals surface area contributed by atoms with Gasteiger partial charge in [0.05, 0.1) is 0 Å². The van der Waals surface area contributed by atoms with E-state index in [0.717, 1.165) is 6.42 Å². The van der Waals surface area contributed by atoms with Gasteiger partial charge in [0.25, 0.3) is 5.91 Å². The van der Waals surface area contributed by atoms with Crippen LogP contribution >= 0.6 is 11.6 Å². The van der Waals surface area contributed by atoms with Gasteiger partial charge in [-0.15, -0.1) is 0 Å². The molecule has 1 atom stereocenters. The maximum atomic E-state index is 11.8. The van der Waals surface area contributed by atoms with E-state index < -0.39 is 0 Å². The molecular weight excluding hydrogens is 234 g/mol. The molecule has 0 spiro atoms. The highest BCUT2D eigenvalue weighted by molar-refractivity contribution is 6.30. The monoisotopic (exact) mass is 255 g/mol. The molecule has 3 heteroatoms. The lowest BCUT2D eigenvalue weighted by molar-refractivity contribution is 0.0936. The second-order valence-corrected chi connectivity index (χ2v) is 4.95. The van der Waals surface area contributed by atoms with E-state index in [1.54, 1.807) is 24.3 Å². The molecule has 1 N–H and O–H groups in total. The van der Waals surface area contributed by atoms with Gasteiger partial charge in [0.15, 0.2) is 0 Å². The van der Waals surface area contributed by atoms with Gasteiger partial charge >= 0.3 is 0 Å². The Balaban J connectivity index is 0.00000256. The Morgan fingerprint density at radius 3 is 2.53 bits per heavy atom. The van der Waals surface area contributed by atoms with E-state index in [1.807, 2.05) is 6.92 Å². The van der Waals surface area contributed by atoms with E-state index in [0.29, 0.717) is 16.5 Å². The Bertz CT molecular complexity index is 363. The molecule has 0 bridgehead atoms. The fourth-order valence-corrected chi connectivity index (χ4v) is 1.89. The van der Waals surface area contributed by atoms with Crippen LogP contribution in [0.3, 0.4) is 0 Å². The molecule has 0 aliphatic rings. The molecule has 1 aromatic carbocycles. The molecule has 1 rings (SSSR count). The smallest absolute Gasteiger partial charge is 0.251 e. The molecular formula is C14H22ClNO. The van der Waals surface area contributed by atoms with Crippen LogP contribution in [0.2, 0.25) is 5.02 Å². The van der Waals surface area contributed by atoms with Crippen LogP contribution < -0.4 is 5.32 Å². The van der Waals surface area contributed by atoms with Crippen molar-refractivity contribution in [2.75, 3.05) is 0 Å². The summed E-state index contributed by atoms with van der Waals surface area (Å²) in [6, 6.07) is 7.18. The number of halogens is 1. The standard InChI is InChI=1S/C13H18ClNO.CH4/c1-9(2)7-10(3)15-13(16)11-5-4-6-12(14)8-11;/h4-6,8-10H,7H2,1-3H3,(H,15,16);1H4/t10-;/m1./s1. The van der Waals surface area contributed by atoms with E-state index in [2.05, 4.69) is 19.2 Å². The van der Waals surface area contributed by atoms with Crippen molar-refractivity contribution in [1.29, 1.82) is 0 Å². The first-order valence-electron chi connectivity index (χ1n) is 5.55. The number of benzene rings is 1. The Labute approximate surface area is 109 Å². The Hall–Kier alpha value is -1.02. The van der Waals surface area contributed by atoms with Crippen molar-refractivity contribution in [1.82, 2.24) is 5.32 Å². The quantitative estimate of drug-likeness (QED) is 0.861. The van der Waals surface area contributed by atoms with Gasteiger partial charge in [-0.05, 0) is 37.5 Å². The van der Waals surface area contributed by atoms with Crippen LogP contribution in [-0.2, 0) is 0 Å². The van der Waals surface area contributed by atoms with E-state index in [1.165, 1.54) is 0 Å². The van der Waals surface area contributed by atoms with Crippen molar-refractivity contribution < 1.29 is 4.79 Å². The Morgan fingerprint density at radius 1 is 1.35 bits per heavy atom. The van der Waals surface area contributed by atoms with Gasteiger partial charge in [-0.3, -0.25) is 4.79 Å². The molecule has 17 heavy (non-hydrogen) atoms. The average Bonchev–Trinajstić information content (AvgIpc) is 2.16. The summed E-state index contributed by atoms with van der Waals surface area (Å²) in [6.07, 6.45) is 0.978. The SMILES string of the molecule is C.CC(C)C[C@@H](C)NC(=O)c1cccc(Cl)c1. The van der Waals surface area contributed by atoms with Crippen molar-refractivity contribution in [3.63, 3.8) is 0 Å². The average molecular weight is 256 g/mol. The summed E-state index contributed by atoms with van der Waals surface area (Å²) in [5.74, 6) is 0.519. The topological polar surface area (TPSA) is 29.1 Å². The molecule has 0 heterocycles. The van der Waals surface area contributed by atoms with Crippen molar-refractivity contribution in [2.45, 2.75) is 40.7 Å². The first kappa shape index (κ1) is 16.0. The predicted octanol–water partition coefficient (Wildman–Crippen LogP) is 4.14. The van der Waals surface area contributed by atoms with Gasteiger partial charge in [-0.2, -0.15) is 0 Å². The number of nitrogens with one attached hydrogen (secondary N) is 1. The predicted molar refractivity (Wildman–Crippen MR) is 74.6 cm³/mol. The minimum Gasteiger partial charge on any atom is -0.350 e. The van der Waals surface area contributed by atoms with Crippen LogP contribution in [0.15, 0.2) is 24.3 Å². The molecule has 0 saturated carbocycles. The van der Waals surface area contributed by atoms with Gasteiger partial charge in [0, 0.05) is 16.6 Å². The van der Waals surface area contributed by atoms with Crippen LogP contribution in [0.25, 0.3) is 0 Å². The third-order valence-corrected chi connectivity index (χ3v) is 2.52. The maximum absolute atomic E-state index is 11.8. The zero-order chi connectivity index (χ0) is 12.1. The second-order valence-electron chi connectivity index (χ2n) is 4.51. The minimum atomic E-state index is -0.0596. The summed E-state index contributed by atoms with van der Waals surface area (Å²) in [5.41, 5.74) is 0.614. The highest BCUT2D eigenvalue weighted by Gasteiger charge is 2.10. The van der Waals surface area contributed by atoms with Crippen LogP contribution in [-0.4, -0.2) is 11.9 Å². The molecule has 0 aromatic heterocycles. The van der Waals surface area contributed by atoms with E-state index >= 15 is 0 Å². The molecule has 0 unspecified atom stereocenters. The van der Waals surface area contributed by atoms with Crippen molar-refractivity contribution >= 4 is 17.5 Å². The van der Waals surface area contributed by atoms with Crippen LogP contribution in [0.1, 0.15) is 45.0 Å². The molecule has 0 fully saturated rings. The number of carbonyl (C=O) groups excluding carboxylic acids is 1. The number of rotatable bonds is 4. The molecule has 96 valence electrons. The van der Waals surface area contributed by atoms with Crippen molar-refractivity contribution in [2.24, 2.45) is 5.92 Å². The fourth-order valence-electron chi connectivity index (χ4n) is 1.70. The zero-order valence-corrected chi connectivity index (χ0v) is 10.7. The van der Waals surface area contributed by atoms with Gasteiger partial charge < -0.3 is 5.32 Å². The third kappa shape index (κ3) is 5.73. The maximum Gasteiger partial charge on any atom is 0.251 e. The van der Waals surface area contributed by atoms with Gasteiger partial charge in [-0.1, -0.05) is 38.9 Å². The number of amides is 1. The normalized spacial score (nSPS) is 11.8. The lowest BCUT2D eigenvalue weighted by Gasteiger charge is -2.15. The first-order chi connectivity index (χ1) is 7.49. The minimum absolute atomic E-state index is 0. The van der Waals surface area contributed by atoms with Crippen LogP contribution in [0.4, 0.5) is 0 Å². The molecule has 0 aliphatic heterocycles. The Morgan fingerprint density at radius 2 is 2.00 bits per heavy atom. The summed E-state index contributed by atoms with van der Waals surface area (Å²) in [4.78, 5) is 11.8. The van der Waals surface area contributed by atoms with Crippen LogP contribution in [0.5, 0.6) is 0 Å². The van der Waals surface area contributed by atoms with E-state index in [9.17, 15) is 4.79 Å². The lowest BCUT2D eigenvalue weighted by Crippen LogP contribution is -2.33. The molecule has 2 nitrogen and oxygen atoms in total. The van der Waals surface area contributed by atoms with Crippen molar-refractivity contribution in [3.8, 4) is 0 Å². The van der Waals surface area contributed by atoms with Gasteiger partial charge in [-0.25, -0.2) is 0 Å². The lowest BCUT2D eigenvalue weighted by atomic mass is 10.0. The third-order valence-electron chi connectivity index (χ3n) is 2.29. The van der Waals surface area contributed by atoms with E-state index in [4.69, 9.17) is 11.6 Å². The first-order valence-corrected chi connectivity index (χ1v) is 5.93. The summed E-state index contributed by atoms with van der Waals surface area (Å²) >= 11 is 5.83.